The molecule has 9 heteroatoms. The van der Waals surface area contributed by atoms with E-state index in [4.69, 9.17) is 0 Å². The van der Waals surface area contributed by atoms with Gasteiger partial charge in [0.05, 0.1) is 5.92 Å². The molecule has 1 aliphatic heterocycles. The van der Waals surface area contributed by atoms with Crippen molar-refractivity contribution in [1.29, 1.82) is 0 Å². The van der Waals surface area contributed by atoms with E-state index in [1.54, 1.807) is 6.07 Å². The monoisotopic (exact) mass is 381 g/mol. The molecule has 1 saturated heterocycles. The quantitative estimate of drug-likeness (QED) is 0.781. The summed E-state index contributed by atoms with van der Waals surface area (Å²) in [5, 5.41) is 12.1. The van der Waals surface area contributed by atoms with E-state index in [-0.39, 0.29) is 35.9 Å². The third-order valence-corrected chi connectivity index (χ3v) is 7.14. The van der Waals surface area contributed by atoms with Crippen LogP contribution in [0.1, 0.15) is 32.1 Å². The second kappa shape index (κ2) is 7.71. The fourth-order valence-corrected chi connectivity index (χ4v) is 5.17. The standard InChI is InChI=1S/C17H23N3O5S/c21-16(19-15-5-1-4-14(15)17(22)23)12-6-9-20(10-7-12)26(24,25)13-3-2-8-18-11-13/h2-3,8,11-12,14-15H,1,4-7,9-10H2,(H,19,21)(H,22,23)/t14-,15+/m1/s1. The lowest BCUT2D eigenvalue weighted by atomic mass is 9.95. The van der Waals surface area contributed by atoms with E-state index in [0.29, 0.717) is 25.7 Å². The van der Waals surface area contributed by atoms with E-state index < -0.39 is 21.9 Å². The average Bonchev–Trinajstić information content (AvgIpc) is 3.11. The number of nitrogens with one attached hydrogen (secondary N) is 1. The van der Waals surface area contributed by atoms with Crippen molar-refractivity contribution in [3.8, 4) is 0 Å². The number of amides is 1. The smallest absolute Gasteiger partial charge is 0.308 e. The van der Waals surface area contributed by atoms with E-state index in [0.717, 1.165) is 6.42 Å². The minimum absolute atomic E-state index is 0.151. The zero-order valence-corrected chi connectivity index (χ0v) is 15.2. The number of piperidine rings is 1. The number of hydrogen-bond acceptors (Lipinski definition) is 5. The molecule has 1 aliphatic carbocycles. The molecule has 0 spiro atoms. The Morgan fingerprint density at radius 2 is 1.92 bits per heavy atom. The number of nitrogens with zero attached hydrogens (tertiary/aromatic N) is 2. The maximum atomic E-state index is 12.6. The zero-order valence-electron chi connectivity index (χ0n) is 14.4. The van der Waals surface area contributed by atoms with Crippen LogP contribution in [0, 0.1) is 11.8 Å². The van der Waals surface area contributed by atoms with Crippen LogP contribution < -0.4 is 5.32 Å². The topological polar surface area (TPSA) is 117 Å². The van der Waals surface area contributed by atoms with Crippen LogP contribution in [-0.2, 0) is 19.6 Å². The van der Waals surface area contributed by atoms with Gasteiger partial charge < -0.3 is 10.4 Å². The van der Waals surface area contributed by atoms with E-state index >= 15 is 0 Å². The Bertz CT molecular complexity index is 760. The van der Waals surface area contributed by atoms with Crippen molar-refractivity contribution >= 4 is 21.9 Å². The number of carboxylic acids is 1. The summed E-state index contributed by atoms with van der Waals surface area (Å²) in [6.45, 7) is 0.532. The molecule has 0 unspecified atom stereocenters. The van der Waals surface area contributed by atoms with Crippen molar-refractivity contribution in [2.45, 2.75) is 43.0 Å². The van der Waals surface area contributed by atoms with E-state index in [2.05, 4.69) is 10.3 Å². The van der Waals surface area contributed by atoms with Gasteiger partial charge in [-0.1, -0.05) is 6.42 Å². The highest BCUT2D eigenvalue weighted by molar-refractivity contribution is 7.89. The first-order chi connectivity index (χ1) is 12.4. The number of aromatic nitrogens is 1. The number of rotatable bonds is 5. The Hall–Kier alpha value is -2.00. The SMILES string of the molecule is O=C(N[C@H]1CCC[C@H]1C(=O)O)C1CCN(S(=O)(=O)c2cccnc2)CC1. The summed E-state index contributed by atoms with van der Waals surface area (Å²) < 4.78 is 26.5. The first-order valence-corrected chi connectivity index (χ1v) is 10.3. The van der Waals surface area contributed by atoms with Gasteiger partial charge in [-0.15, -0.1) is 0 Å². The lowest BCUT2D eigenvalue weighted by Gasteiger charge is -2.31. The van der Waals surface area contributed by atoms with Crippen molar-refractivity contribution in [3.05, 3.63) is 24.5 Å². The summed E-state index contributed by atoms with van der Waals surface area (Å²) in [4.78, 5) is 27.7. The summed E-state index contributed by atoms with van der Waals surface area (Å²) in [5.74, 6) is -1.85. The van der Waals surface area contributed by atoms with Crippen molar-refractivity contribution in [2.75, 3.05) is 13.1 Å². The molecule has 26 heavy (non-hydrogen) atoms. The van der Waals surface area contributed by atoms with Gasteiger partial charge in [-0.3, -0.25) is 14.6 Å². The number of hydrogen-bond donors (Lipinski definition) is 2. The van der Waals surface area contributed by atoms with Crippen LogP contribution in [0.3, 0.4) is 0 Å². The number of aliphatic carboxylic acids is 1. The lowest BCUT2D eigenvalue weighted by Crippen LogP contribution is -2.47. The minimum Gasteiger partial charge on any atom is -0.481 e. The molecule has 2 aliphatic rings. The average molecular weight is 381 g/mol. The Morgan fingerprint density at radius 3 is 2.54 bits per heavy atom. The van der Waals surface area contributed by atoms with Crippen LogP contribution in [0.5, 0.6) is 0 Å². The number of carbonyl (C=O) groups excluding carboxylic acids is 1. The molecule has 142 valence electrons. The third kappa shape index (κ3) is 3.88. The Kier molecular flexibility index (Phi) is 5.57. The third-order valence-electron chi connectivity index (χ3n) is 5.26. The molecule has 3 rings (SSSR count). The molecule has 1 aromatic rings. The summed E-state index contributed by atoms with van der Waals surface area (Å²) in [6, 6.07) is 2.76. The van der Waals surface area contributed by atoms with Gasteiger partial charge in [0.25, 0.3) is 0 Å². The maximum Gasteiger partial charge on any atom is 0.308 e. The van der Waals surface area contributed by atoms with Gasteiger partial charge >= 0.3 is 5.97 Å². The van der Waals surface area contributed by atoms with Crippen LogP contribution in [0.15, 0.2) is 29.4 Å². The van der Waals surface area contributed by atoms with Crippen LogP contribution in [-0.4, -0.2) is 53.8 Å². The normalized spacial score (nSPS) is 25.1. The predicted molar refractivity (Wildman–Crippen MR) is 92.6 cm³/mol. The van der Waals surface area contributed by atoms with Crippen LogP contribution in [0.4, 0.5) is 0 Å². The largest absolute Gasteiger partial charge is 0.481 e. The first-order valence-electron chi connectivity index (χ1n) is 8.83. The molecule has 2 atom stereocenters. The van der Waals surface area contributed by atoms with Gasteiger partial charge in [0.15, 0.2) is 0 Å². The van der Waals surface area contributed by atoms with Gasteiger partial charge in [0.2, 0.25) is 15.9 Å². The predicted octanol–water partition coefficient (Wildman–Crippen LogP) is 0.852. The second-order valence-electron chi connectivity index (χ2n) is 6.86. The molecule has 8 nitrogen and oxygen atoms in total. The van der Waals surface area contributed by atoms with Gasteiger partial charge in [0, 0.05) is 37.4 Å². The highest BCUT2D eigenvalue weighted by Gasteiger charge is 2.37. The molecule has 2 heterocycles. The van der Waals surface area contributed by atoms with Gasteiger partial charge in [0.1, 0.15) is 4.90 Å². The summed E-state index contributed by atoms with van der Waals surface area (Å²) in [5.41, 5.74) is 0. The number of carbonyl (C=O) groups is 2. The first kappa shape index (κ1) is 18.8. The number of sulfonamides is 1. The van der Waals surface area contributed by atoms with E-state index in [9.17, 15) is 23.1 Å². The molecule has 1 amide bonds. The molecular weight excluding hydrogens is 358 g/mol. The van der Waals surface area contributed by atoms with Crippen molar-refractivity contribution in [1.82, 2.24) is 14.6 Å². The molecule has 0 aromatic carbocycles. The van der Waals surface area contributed by atoms with E-state index in [1.807, 2.05) is 0 Å². The minimum atomic E-state index is -3.59. The Balaban J connectivity index is 1.57. The second-order valence-corrected chi connectivity index (χ2v) is 8.80. The maximum absolute atomic E-state index is 12.6. The molecule has 2 N–H and O–H groups in total. The highest BCUT2D eigenvalue weighted by Crippen LogP contribution is 2.28. The van der Waals surface area contributed by atoms with Gasteiger partial charge in [-0.05, 0) is 37.8 Å². The number of carboxylic acid groups (broad SMARTS) is 1. The van der Waals surface area contributed by atoms with Gasteiger partial charge in [-0.25, -0.2) is 8.42 Å². The lowest BCUT2D eigenvalue weighted by molar-refractivity contribution is -0.142. The van der Waals surface area contributed by atoms with Gasteiger partial charge in [-0.2, -0.15) is 4.31 Å². The zero-order chi connectivity index (χ0) is 18.7. The molecular formula is C17H23N3O5S. The Morgan fingerprint density at radius 1 is 1.19 bits per heavy atom. The number of pyridine rings is 1. The fourth-order valence-electron chi connectivity index (χ4n) is 3.74. The fraction of sp³-hybridized carbons (Fsp3) is 0.588. The molecule has 1 saturated carbocycles. The van der Waals surface area contributed by atoms with E-state index in [1.165, 1.54) is 22.8 Å². The summed E-state index contributed by atoms with van der Waals surface area (Å²) in [6.07, 6.45) is 5.75. The molecule has 0 bridgehead atoms. The summed E-state index contributed by atoms with van der Waals surface area (Å²) in [7, 11) is -3.59. The van der Waals surface area contributed by atoms with Crippen molar-refractivity contribution < 1.29 is 23.1 Å². The van der Waals surface area contributed by atoms with Crippen molar-refractivity contribution in [2.24, 2.45) is 11.8 Å². The van der Waals surface area contributed by atoms with Crippen molar-refractivity contribution in [3.63, 3.8) is 0 Å². The van der Waals surface area contributed by atoms with Crippen LogP contribution >= 0.6 is 0 Å². The van der Waals surface area contributed by atoms with Crippen LogP contribution in [0.2, 0.25) is 0 Å². The molecule has 0 radical (unpaired) electrons. The van der Waals surface area contributed by atoms with Crippen LogP contribution in [0.25, 0.3) is 0 Å². The molecule has 2 fully saturated rings. The molecule has 1 aromatic heterocycles. The summed E-state index contributed by atoms with van der Waals surface area (Å²) >= 11 is 0. The highest BCUT2D eigenvalue weighted by atomic mass is 32.2. The Labute approximate surface area is 152 Å².